The number of rotatable bonds is 4. The maximum absolute atomic E-state index is 12.0. The fourth-order valence-electron chi connectivity index (χ4n) is 2.93. The largest absolute Gasteiger partial charge is 0.372 e. The van der Waals surface area contributed by atoms with Crippen molar-refractivity contribution >= 4 is 5.91 Å². The molecule has 2 saturated heterocycles. The highest BCUT2D eigenvalue weighted by Gasteiger charge is 2.35. The van der Waals surface area contributed by atoms with Crippen LogP contribution in [0.3, 0.4) is 0 Å². The molecule has 2 unspecified atom stereocenters. The second kappa shape index (κ2) is 5.83. The van der Waals surface area contributed by atoms with Crippen LogP contribution in [0.5, 0.6) is 0 Å². The zero-order valence-corrected chi connectivity index (χ0v) is 11.0. The van der Waals surface area contributed by atoms with Gasteiger partial charge in [-0.1, -0.05) is 6.92 Å². The third-order valence-electron chi connectivity index (χ3n) is 4.08. The van der Waals surface area contributed by atoms with Crippen molar-refractivity contribution in [3.63, 3.8) is 0 Å². The molecule has 2 rings (SSSR count). The van der Waals surface area contributed by atoms with Gasteiger partial charge in [0.2, 0.25) is 5.91 Å². The summed E-state index contributed by atoms with van der Waals surface area (Å²) < 4.78 is 5.34. The molecule has 2 bridgehead atoms. The standard InChI is InChI=1S/C13H24N2O2/c1-3-8-17-10-13(16)15-7-6-11-4-5-12(9-15)14(11)2/h11-12H,3-10H2,1-2H3. The van der Waals surface area contributed by atoms with E-state index < -0.39 is 0 Å². The monoisotopic (exact) mass is 240 g/mol. The Morgan fingerprint density at radius 1 is 1.29 bits per heavy atom. The molecule has 2 aliphatic rings. The number of likely N-dealkylation sites (tertiary alicyclic amines) is 1. The molecule has 0 aromatic heterocycles. The maximum Gasteiger partial charge on any atom is 0.248 e. The van der Waals surface area contributed by atoms with E-state index in [1.165, 1.54) is 12.8 Å². The third-order valence-corrected chi connectivity index (χ3v) is 4.08. The molecule has 2 aliphatic heterocycles. The molecular weight excluding hydrogens is 216 g/mol. The fourth-order valence-corrected chi connectivity index (χ4v) is 2.93. The number of hydrogen-bond donors (Lipinski definition) is 0. The molecule has 0 N–H and O–H groups in total. The summed E-state index contributed by atoms with van der Waals surface area (Å²) in [7, 11) is 2.20. The predicted octanol–water partition coefficient (Wildman–Crippen LogP) is 1.11. The highest BCUT2D eigenvalue weighted by Crippen LogP contribution is 2.28. The van der Waals surface area contributed by atoms with Gasteiger partial charge in [0.15, 0.2) is 0 Å². The van der Waals surface area contributed by atoms with Crippen molar-refractivity contribution in [2.45, 2.75) is 44.7 Å². The Hall–Kier alpha value is -0.610. The molecule has 4 nitrogen and oxygen atoms in total. The first-order valence-corrected chi connectivity index (χ1v) is 6.79. The van der Waals surface area contributed by atoms with Crippen LogP contribution in [-0.2, 0) is 9.53 Å². The summed E-state index contributed by atoms with van der Waals surface area (Å²) >= 11 is 0. The van der Waals surface area contributed by atoms with Gasteiger partial charge in [-0.15, -0.1) is 0 Å². The van der Waals surface area contributed by atoms with Crippen LogP contribution < -0.4 is 0 Å². The third kappa shape index (κ3) is 2.99. The van der Waals surface area contributed by atoms with Crippen molar-refractivity contribution in [2.24, 2.45) is 0 Å². The van der Waals surface area contributed by atoms with E-state index in [1.807, 2.05) is 4.90 Å². The van der Waals surface area contributed by atoms with E-state index in [4.69, 9.17) is 4.74 Å². The number of fused-ring (bicyclic) bond motifs is 2. The summed E-state index contributed by atoms with van der Waals surface area (Å²) in [5.41, 5.74) is 0. The average Bonchev–Trinajstić information content (AvgIpc) is 2.53. The number of ether oxygens (including phenoxy) is 1. The Labute approximate surface area is 104 Å². The maximum atomic E-state index is 12.0. The number of nitrogens with zero attached hydrogens (tertiary/aromatic N) is 2. The van der Waals surface area contributed by atoms with Gasteiger partial charge in [-0.3, -0.25) is 9.69 Å². The Balaban J connectivity index is 1.83. The van der Waals surface area contributed by atoms with Crippen molar-refractivity contribution in [3.05, 3.63) is 0 Å². The van der Waals surface area contributed by atoms with Crippen molar-refractivity contribution in [1.82, 2.24) is 9.80 Å². The summed E-state index contributed by atoms with van der Waals surface area (Å²) in [6, 6.07) is 1.26. The summed E-state index contributed by atoms with van der Waals surface area (Å²) in [5, 5.41) is 0. The van der Waals surface area contributed by atoms with Gasteiger partial charge in [-0.25, -0.2) is 0 Å². The molecule has 1 amide bonds. The minimum Gasteiger partial charge on any atom is -0.372 e. The molecular formula is C13H24N2O2. The first kappa shape index (κ1) is 12.8. The second-order valence-electron chi connectivity index (χ2n) is 5.23. The summed E-state index contributed by atoms with van der Waals surface area (Å²) in [6.07, 6.45) is 4.63. The van der Waals surface area contributed by atoms with Crippen molar-refractivity contribution < 1.29 is 9.53 Å². The first-order chi connectivity index (χ1) is 8.22. The minimum absolute atomic E-state index is 0.166. The summed E-state index contributed by atoms with van der Waals surface area (Å²) in [6.45, 7) is 4.80. The number of carbonyl (C=O) groups is 1. The normalized spacial score (nSPS) is 29.4. The van der Waals surface area contributed by atoms with Gasteiger partial charge in [0.05, 0.1) is 0 Å². The lowest BCUT2D eigenvalue weighted by molar-refractivity contribution is -0.136. The van der Waals surface area contributed by atoms with Crippen LogP contribution in [-0.4, -0.2) is 61.1 Å². The minimum atomic E-state index is 0.166. The smallest absolute Gasteiger partial charge is 0.248 e. The van der Waals surface area contributed by atoms with E-state index >= 15 is 0 Å². The highest BCUT2D eigenvalue weighted by atomic mass is 16.5. The Kier molecular flexibility index (Phi) is 4.40. The molecule has 17 heavy (non-hydrogen) atoms. The van der Waals surface area contributed by atoms with Gasteiger partial charge < -0.3 is 9.64 Å². The van der Waals surface area contributed by atoms with E-state index in [-0.39, 0.29) is 12.5 Å². The molecule has 2 atom stereocenters. The summed E-state index contributed by atoms with van der Waals surface area (Å²) in [5.74, 6) is 0.166. The molecule has 2 heterocycles. The topological polar surface area (TPSA) is 32.8 Å². The van der Waals surface area contributed by atoms with Gasteiger partial charge in [-0.2, -0.15) is 0 Å². The van der Waals surface area contributed by atoms with E-state index in [2.05, 4.69) is 18.9 Å². The molecule has 2 fully saturated rings. The van der Waals surface area contributed by atoms with Crippen molar-refractivity contribution in [2.75, 3.05) is 33.4 Å². The van der Waals surface area contributed by atoms with Crippen LogP contribution in [0, 0.1) is 0 Å². The Morgan fingerprint density at radius 2 is 2.06 bits per heavy atom. The summed E-state index contributed by atoms with van der Waals surface area (Å²) in [4.78, 5) is 16.4. The van der Waals surface area contributed by atoms with Crippen LogP contribution in [0.4, 0.5) is 0 Å². The van der Waals surface area contributed by atoms with Gasteiger partial charge >= 0.3 is 0 Å². The zero-order chi connectivity index (χ0) is 12.3. The van der Waals surface area contributed by atoms with Crippen molar-refractivity contribution in [3.8, 4) is 0 Å². The van der Waals surface area contributed by atoms with Crippen LogP contribution in [0.1, 0.15) is 32.6 Å². The Morgan fingerprint density at radius 3 is 2.82 bits per heavy atom. The predicted molar refractivity (Wildman–Crippen MR) is 66.9 cm³/mol. The SMILES string of the molecule is CCCOCC(=O)N1CCC2CCC(C1)N2C. The number of carbonyl (C=O) groups excluding carboxylic acids is 1. The first-order valence-electron chi connectivity index (χ1n) is 6.79. The van der Waals surface area contributed by atoms with Crippen LogP contribution >= 0.6 is 0 Å². The molecule has 0 aromatic carbocycles. The molecule has 4 heteroatoms. The lowest BCUT2D eigenvalue weighted by Gasteiger charge is -2.25. The molecule has 0 aromatic rings. The molecule has 0 radical (unpaired) electrons. The molecule has 0 spiro atoms. The van der Waals surface area contributed by atoms with E-state index in [1.54, 1.807) is 0 Å². The van der Waals surface area contributed by atoms with Crippen LogP contribution in [0.25, 0.3) is 0 Å². The lowest BCUT2D eigenvalue weighted by Crippen LogP contribution is -2.41. The second-order valence-corrected chi connectivity index (χ2v) is 5.23. The van der Waals surface area contributed by atoms with Crippen molar-refractivity contribution in [1.29, 1.82) is 0 Å². The van der Waals surface area contributed by atoms with Gasteiger partial charge in [0, 0.05) is 31.8 Å². The number of amides is 1. The van der Waals surface area contributed by atoms with Crippen LogP contribution in [0.15, 0.2) is 0 Å². The number of hydrogen-bond acceptors (Lipinski definition) is 3. The molecule has 98 valence electrons. The van der Waals surface area contributed by atoms with Gasteiger partial charge in [0.25, 0.3) is 0 Å². The highest BCUT2D eigenvalue weighted by molar-refractivity contribution is 5.77. The fraction of sp³-hybridized carbons (Fsp3) is 0.923. The van der Waals surface area contributed by atoms with E-state index in [0.717, 1.165) is 25.9 Å². The zero-order valence-electron chi connectivity index (χ0n) is 11.0. The van der Waals surface area contributed by atoms with Gasteiger partial charge in [-0.05, 0) is 32.7 Å². The Bertz CT molecular complexity index is 270. The van der Waals surface area contributed by atoms with E-state index in [0.29, 0.717) is 18.7 Å². The average molecular weight is 240 g/mol. The number of likely N-dealkylation sites (N-methyl/N-ethyl adjacent to an activating group) is 1. The van der Waals surface area contributed by atoms with Crippen LogP contribution in [0.2, 0.25) is 0 Å². The van der Waals surface area contributed by atoms with Gasteiger partial charge in [0.1, 0.15) is 6.61 Å². The molecule has 0 aliphatic carbocycles. The van der Waals surface area contributed by atoms with E-state index in [9.17, 15) is 4.79 Å². The lowest BCUT2D eigenvalue weighted by atomic mass is 10.1. The molecule has 0 saturated carbocycles. The quantitative estimate of drug-likeness (QED) is 0.690.